The Kier molecular flexibility index (Phi) is 6.54. The van der Waals surface area contributed by atoms with Crippen molar-refractivity contribution in [1.82, 2.24) is 0 Å². The van der Waals surface area contributed by atoms with Crippen LogP contribution in [0.5, 0.6) is 5.75 Å². The van der Waals surface area contributed by atoms with Crippen molar-refractivity contribution in [3.05, 3.63) is 53.6 Å². The lowest BCUT2D eigenvalue weighted by atomic mass is 9.82. The van der Waals surface area contributed by atoms with E-state index in [0.29, 0.717) is 32.1 Å². The van der Waals surface area contributed by atoms with E-state index in [0.717, 1.165) is 28.0 Å². The largest absolute Gasteiger partial charge is 0.497 e. The van der Waals surface area contributed by atoms with Gasteiger partial charge in [0.15, 0.2) is 0 Å². The molecule has 2 aromatic carbocycles. The van der Waals surface area contributed by atoms with Gasteiger partial charge >= 0.3 is 5.97 Å². The highest BCUT2D eigenvalue weighted by atomic mass is 16.5. The second-order valence-electron chi connectivity index (χ2n) is 7.66. The van der Waals surface area contributed by atoms with Crippen LogP contribution in [0.4, 0.5) is 0 Å². The molecular formula is C23H28N2O4. The van der Waals surface area contributed by atoms with Gasteiger partial charge in [0.05, 0.1) is 25.0 Å². The molecule has 0 saturated carbocycles. The average molecular weight is 396 g/mol. The van der Waals surface area contributed by atoms with Crippen LogP contribution in [0.25, 0.3) is 11.1 Å². The molecule has 0 saturated heterocycles. The van der Waals surface area contributed by atoms with E-state index < -0.39 is 23.9 Å². The third-order valence-corrected chi connectivity index (χ3v) is 5.71. The number of aliphatic hydroxyl groups excluding tert-OH is 1. The van der Waals surface area contributed by atoms with E-state index in [1.807, 2.05) is 42.5 Å². The summed E-state index contributed by atoms with van der Waals surface area (Å²) >= 11 is 0. The molecule has 0 unspecified atom stereocenters. The lowest BCUT2D eigenvalue weighted by molar-refractivity contribution is -0.144. The number of rotatable bonds is 9. The van der Waals surface area contributed by atoms with Gasteiger partial charge in [-0.2, -0.15) is 0 Å². The van der Waals surface area contributed by atoms with Gasteiger partial charge in [-0.15, -0.1) is 0 Å². The smallest absolute Gasteiger partial charge is 0.307 e. The number of hydrogen-bond donors (Lipinski definition) is 4. The van der Waals surface area contributed by atoms with Gasteiger partial charge in [-0.3, -0.25) is 10.2 Å². The second kappa shape index (κ2) is 9.09. The van der Waals surface area contributed by atoms with E-state index in [1.54, 1.807) is 7.11 Å². The van der Waals surface area contributed by atoms with Crippen molar-refractivity contribution in [2.45, 2.75) is 44.1 Å². The molecule has 3 atom stereocenters. The first-order valence-electron chi connectivity index (χ1n) is 9.91. The topological polar surface area (TPSA) is 117 Å². The molecule has 0 aliphatic heterocycles. The van der Waals surface area contributed by atoms with Crippen LogP contribution < -0.4 is 10.5 Å². The number of aliphatic hydroxyl groups is 1. The molecular weight excluding hydrogens is 368 g/mol. The number of nitrogens with one attached hydrogen (secondary N) is 1. The van der Waals surface area contributed by atoms with Crippen molar-refractivity contribution in [3.8, 4) is 16.9 Å². The van der Waals surface area contributed by atoms with Crippen molar-refractivity contribution in [2.75, 3.05) is 7.11 Å². The summed E-state index contributed by atoms with van der Waals surface area (Å²) in [5.74, 6) is -1.06. The second-order valence-corrected chi connectivity index (χ2v) is 7.66. The van der Waals surface area contributed by atoms with Crippen LogP contribution in [0, 0.1) is 11.3 Å². The average Bonchev–Trinajstić information content (AvgIpc) is 3.02. The van der Waals surface area contributed by atoms with Gasteiger partial charge in [0.25, 0.3) is 0 Å². The molecule has 6 nitrogen and oxygen atoms in total. The molecule has 1 aliphatic rings. The van der Waals surface area contributed by atoms with E-state index in [-0.39, 0.29) is 5.84 Å². The Labute approximate surface area is 170 Å². The summed E-state index contributed by atoms with van der Waals surface area (Å²) in [4.78, 5) is 11.9. The standard InChI is InChI=1S/C23H28N2O4/c1-29-17-6-4-5-14(12-17)15-9-10-18-16(11-15)13-20(26)22(18)19(23(27)28)7-2-3-8-21(24)25/h4-6,9-12,19-20,22,26H,2-3,7-8,13H2,1H3,(H3,24,25)(H,27,28)/t19-,20-,22+/m0/s1. The zero-order valence-electron chi connectivity index (χ0n) is 16.6. The number of methoxy groups -OCH3 is 1. The highest BCUT2D eigenvalue weighted by Crippen LogP contribution is 2.42. The molecule has 0 radical (unpaired) electrons. The van der Waals surface area contributed by atoms with E-state index in [9.17, 15) is 15.0 Å². The van der Waals surface area contributed by atoms with E-state index >= 15 is 0 Å². The van der Waals surface area contributed by atoms with Gasteiger partial charge in [0.1, 0.15) is 5.75 Å². The van der Waals surface area contributed by atoms with Crippen molar-refractivity contribution in [1.29, 1.82) is 5.41 Å². The Balaban J connectivity index is 1.82. The maximum absolute atomic E-state index is 11.9. The molecule has 3 rings (SSSR count). The molecule has 154 valence electrons. The van der Waals surface area contributed by atoms with Crippen LogP contribution in [-0.4, -0.2) is 35.2 Å². The molecule has 6 heteroatoms. The monoisotopic (exact) mass is 396 g/mol. The molecule has 1 aliphatic carbocycles. The summed E-state index contributed by atoms with van der Waals surface area (Å²) in [5.41, 5.74) is 9.33. The first-order chi connectivity index (χ1) is 13.9. The van der Waals surface area contributed by atoms with Crippen LogP contribution in [0.1, 0.15) is 42.7 Å². The number of carboxylic acid groups (broad SMARTS) is 1. The number of nitrogens with two attached hydrogens (primary N) is 1. The quantitative estimate of drug-likeness (QED) is 0.294. The predicted octanol–water partition coefficient (Wildman–Crippen LogP) is 3.56. The summed E-state index contributed by atoms with van der Waals surface area (Å²) in [7, 11) is 1.63. The van der Waals surface area contributed by atoms with Gasteiger partial charge in [0, 0.05) is 12.3 Å². The van der Waals surface area contributed by atoms with Crippen LogP contribution in [0.15, 0.2) is 42.5 Å². The SMILES string of the molecule is COc1cccc(-c2ccc3c(c2)C[C@H](O)[C@H]3[C@H](CCCCC(=N)N)C(=O)O)c1. The number of amidine groups is 1. The van der Waals surface area contributed by atoms with E-state index in [2.05, 4.69) is 0 Å². The third-order valence-electron chi connectivity index (χ3n) is 5.71. The number of benzene rings is 2. The summed E-state index contributed by atoms with van der Waals surface area (Å²) in [5, 5.41) is 27.8. The summed E-state index contributed by atoms with van der Waals surface area (Å²) in [6.45, 7) is 0. The van der Waals surface area contributed by atoms with Gasteiger partial charge in [0.2, 0.25) is 0 Å². The molecule has 29 heavy (non-hydrogen) atoms. The predicted molar refractivity (Wildman–Crippen MR) is 112 cm³/mol. The van der Waals surface area contributed by atoms with Crippen LogP contribution in [-0.2, 0) is 11.2 Å². The maximum atomic E-state index is 11.9. The first kappa shape index (κ1) is 20.9. The fourth-order valence-electron chi connectivity index (χ4n) is 4.27. The Hall–Kier alpha value is -2.86. The number of hydrogen-bond acceptors (Lipinski definition) is 4. The zero-order chi connectivity index (χ0) is 21.0. The highest BCUT2D eigenvalue weighted by molar-refractivity contribution is 5.76. The fourth-order valence-corrected chi connectivity index (χ4v) is 4.27. The fraction of sp³-hybridized carbons (Fsp3) is 0.391. The number of carbonyl (C=O) groups is 1. The molecule has 0 fully saturated rings. The third kappa shape index (κ3) is 4.77. The molecule has 0 amide bonds. The molecule has 0 spiro atoms. The number of unbranched alkanes of at least 4 members (excludes halogenated alkanes) is 1. The molecule has 0 heterocycles. The van der Waals surface area contributed by atoms with Gasteiger partial charge in [-0.25, -0.2) is 0 Å². The van der Waals surface area contributed by atoms with Crippen LogP contribution >= 0.6 is 0 Å². The van der Waals surface area contributed by atoms with Crippen molar-refractivity contribution in [3.63, 3.8) is 0 Å². The van der Waals surface area contributed by atoms with Gasteiger partial charge < -0.3 is 20.7 Å². The lowest BCUT2D eigenvalue weighted by Crippen LogP contribution is -2.28. The first-order valence-corrected chi connectivity index (χ1v) is 9.91. The maximum Gasteiger partial charge on any atom is 0.307 e. The molecule has 5 N–H and O–H groups in total. The van der Waals surface area contributed by atoms with E-state index in [4.69, 9.17) is 15.9 Å². The summed E-state index contributed by atoms with van der Waals surface area (Å²) < 4.78 is 5.30. The minimum Gasteiger partial charge on any atom is -0.497 e. The van der Waals surface area contributed by atoms with Crippen molar-refractivity contribution >= 4 is 11.8 Å². The summed E-state index contributed by atoms with van der Waals surface area (Å²) in [6.07, 6.45) is 2.02. The number of aliphatic carboxylic acids is 1. The number of fused-ring (bicyclic) bond motifs is 1. The minimum absolute atomic E-state index is 0.119. The Morgan fingerprint density at radius 3 is 2.69 bits per heavy atom. The van der Waals surface area contributed by atoms with Gasteiger partial charge in [-0.1, -0.05) is 36.8 Å². The highest BCUT2D eigenvalue weighted by Gasteiger charge is 2.40. The van der Waals surface area contributed by atoms with Gasteiger partial charge in [-0.05, 0) is 53.6 Å². The number of carboxylic acids is 1. The summed E-state index contributed by atoms with van der Waals surface area (Å²) in [6, 6.07) is 13.8. The Bertz CT molecular complexity index is 896. The molecule has 0 aromatic heterocycles. The van der Waals surface area contributed by atoms with Crippen molar-refractivity contribution in [2.24, 2.45) is 11.7 Å². The minimum atomic E-state index is -0.887. The Morgan fingerprint density at radius 1 is 1.24 bits per heavy atom. The molecule has 0 bridgehead atoms. The number of ether oxygens (including phenoxy) is 1. The van der Waals surface area contributed by atoms with Crippen LogP contribution in [0.2, 0.25) is 0 Å². The lowest BCUT2D eigenvalue weighted by Gasteiger charge is -2.24. The zero-order valence-corrected chi connectivity index (χ0v) is 16.6. The van der Waals surface area contributed by atoms with Crippen LogP contribution in [0.3, 0.4) is 0 Å². The Morgan fingerprint density at radius 2 is 2.00 bits per heavy atom. The van der Waals surface area contributed by atoms with E-state index in [1.165, 1.54) is 0 Å². The molecule has 2 aromatic rings. The van der Waals surface area contributed by atoms with Crippen molar-refractivity contribution < 1.29 is 19.7 Å². The normalized spacial score (nSPS) is 18.8.